The minimum absolute atomic E-state index is 0.0174. The standard InChI is InChI=1S/C23H23ClFN5O/c1-12-16(17-9-14(25)10-19-15(17)5-6-29(19)7-8-31)11-18(24)20-21(12)30-13(2)27-28-22(30)23(3,4)26-20/h5-6,9-11,26,31H,7-8H2,1-4H3. The van der Waals surface area contributed by atoms with Gasteiger partial charge in [0.15, 0.2) is 5.82 Å². The Hall–Kier alpha value is -2.90. The van der Waals surface area contributed by atoms with Crippen molar-refractivity contribution in [3.8, 4) is 16.8 Å². The van der Waals surface area contributed by atoms with Crippen LogP contribution in [0.2, 0.25) is 5.02 Å². The number of fused-ring (bicyclic) bond motifs is 4. The maximum atomic E-state index is 14.7. The van der Waals surface area contributed by atoms with Crippen molar-refractivity contribution < 1.29 is 9.50 Å². The van der Waals surface area contributed by atoms with Crippen LogP contribution in [0, 0.1) is 19.7 Å². The molecule has 0 saturated heterocycles. The predicted octanol–water partition coefficient (Wildman–Crippen LogP) is 4.95. The van der Waals surface area contributed by atoms with Gasteiger partial charge in [-0.1, -0.05) is 11.6 Å². The van der Waals surface area contributed by atoms with E-state index in [1.807, 2.05) is 55.2 Å². The predicted molar refractivity (Wildman–Crippen MR) is 120 cm³/mol. The number of nitrogens with one attached hydrogen (secondary N) is 1. The first-order valence-electron chi connectivity index (χ1n) is 10.2. The Balaban J connectivity index is 1.82. The number of rotatable bonds is 3. The number of aromatic nitrogens is 4. The molecule has 2 aromatic carbocycles. The summed E-state index contributed by atoms with van der Waals surface area (Å²) in [5, 5.41) is 23.0. The zero-order chi connectivity index (χ0) is 22.1. The van der Waals surface area contributed by atoms with Crippen LogP contribution < -0.4 is 5.32 Å². The molecule has 3 heterocycles. The summed E-state index contributed by atoms with van der Waals surface area (Å²) >= 11 is 6.78. The normalized spacial score (nSPS) is 14.4. The average Bonchev–Trinajstić information content (AvgIpc) is 3.29. The molecule has 2 aromatic heterocycles. The van der Waals surface area contributed by atoms with Crippen molar-refractivity contribution in [2.24, 2.45) is 0 Å². The topological polar surface area (TPSA) is 67.9 Å². The van der Waals surface area contributed by atoms with Gasteiger partial charge in [0.25, 0.3) is 0 Å². The van der Waals surface area contributed by atoms with Gasteiger partial charge in [0, 0.05) is 18.1 Å². The Morgan fingerprint density at radius 3 is 2.68 bits per heavy atom. The smallest absolute Gasteiger partial charge is 0.162 e. The molecule has 0 aliphatic carbocycles. The molecule has 4 aromatic rings. The van der Waals surface area contributed by atoms with E-state index < -0.39 is 5.54 Å². The van der Waals surface area contributed by atoms with E-state index in [-0.39, 0.29) is 12.4 Å². The number of aliphatic hydroxyl groups is 1. The van der Waals surface area contributed by atoms with Crippen molar-refractivity contribution in [1.82, 2.24) is 19.3 Å². The average molecular weight is 440 g/mol. The summed E-state index contributed by atoms with van der Waals surface area (Å²) in [5.74, 6) is 1.22. The van der Waals surface area contributed by atoms with E-state index >= 15 is 0 Å². The molecule has 0 amide bonds. The van der Waals surface area contributed by atoms with Crippen molar-refractivity contribution in [3.05, 3.63) is 58.5 Å². The molecule has 2 N–H and O–H groups in total. The lowest BCUT2D eigenvalue weighted by atomic mass is 9.92. The third-order valence-electron chi connectivity index (χ3n) is 6.04. The van der Waals surface area contributed by atoms with Gasteiger partial charge in [0.05, 0.1) is 34.1 Å². The lowest BCUT2D eigenvalue weighted by Gasteiger charge is -2.35. The second kappa shape index (κ2) is 6.80. The molecule has 6 nitrogen and oxygen atoms in total. The summed E-state index contributed by atoms with van der Waals surface area (Å²) in [7, 11) is 0. The summed E-state index contributed by atoms with van der Waals surface area (Å²) in [6, 6.07) is 6.87. The first kappa shape index (κ1) is 20.0. The Bertz CT molecular complexity index is 1350. The summed E-state index contributed by atoms with van der Waals surface area (Å²) in [6.07, 6.45) is 1.87. The highest BCUT2D eigenvalue weighted by atomic mass is 35.5. The zero-order valence-corrected chi connectivity index (χ0v) is 18.5. The van der Waals surface area contributed by atoms with E-state index in [9.17, 15) is 9.50 Å². The van der Waals surface area contributed by atoms with Crippen LogP contribution >= 0.6 is 11.6 Å². The molecule has 5 rings (SSSR count). The first-order chi connectivity index (χ1) is 14.7. The summed E-state index contributed by atoms with van der Waals surface area (Å²) < 4.78 is 18.5. The van der Waals surface area contributed by atoms with E-state index in [0.717, 1.165) is 50.6 Å². The molecule has 0 unspecified atom stereocenters. The SMILES string of the molecule is Cc1c(-c2cc(F)cc3c2ccn3CCO)cc(Cl)c2c1-n1c(C)nnc1C(C)(C)N2. The van der Waals surface area contributed by atoms with Gasteiger partial charge >= 0.3 is 0 Å². The monoisotopic (exact) mass is 439 g/mol. The molecule has 160 valence electrons. The van der Waals surface area contributed by atoms with Crippen LogP contribution in [0.3, 0.4) is 0 Å². The van der Waals surface area contributed by atoms with Crippen LogP contribution in [0.15, 0.2) is 30.5 Å². The Labute approximate surface area is 184 Å². The number of aliphatic hydroxyl groups excluding tert-OH is 1. The number of hydrogen-bond acceptors (Lipinski definition) is 4. The van der Waals surface area contributed by atoms with E-state index in [1.165, 1.54) is 12.1 Å². The van der Waals surface area contributed by atoms with Gasteiger partial charge < -0.3 is 15.0 Å². The van der Waals surface area contributed by atoms with Crippen molar-refractivity contribution in [2.45, 2.75) is 39.8 Å². The molecule has 0 bridgehead atoms. The molecule has 8 heteroatoms. The number of halogens is 2. The fourth-order valence-electron chi connectivity index (χ4n) is 4.60. The number of aryl methyl sites for hydroxylation is 1. The highest BCUT2D eigenvalue weighted by Gasteiger charge is 2.36. The third kappa shape index (κ3) is 2.87. The minimum atomic E-state index is -0.445. The molecule has 1 aliphatic rings. The molecule has 0 fully saturated rings. The molecule has 0 spiro atoms. The van der Waals surface area contributed by atoms with Crippen molar-refractivity contribution >= 4 is 28.2 Å². The molecule has 0 radical (unpaired) electrons. The second-order valence-electron chi connectivity index (χ2n) is 8.53. The van der Waals surface area contributed by atoms with Gasteiger partial charge in [0.1, 0.15) is 11.6 Å². The van der Waals surface area contributed by atoms with Gasteiger partial charge in [-0.15, -0.1) is 10.2 Å². The molecule has 31 heavy (non-hydrogen) atoms. The fraction of sp³-hybridized carbons (Fsp3) is 0.304. The molecule has 0 atom stereocenters. The Morgan fingerprint density at radius 1 is 1.16 bits per heavy atom. The second-order valence-corrected chi connectivity index (χ2v) is 8.94. The third-order valence-corrected chi connectivity index (χ3v) is 6.33. The summed E-state index contributed by atoms with van der Waals surface area (Å²) in [5.41, 5.74) is 4.53. The van der Waals surface area contributed by atoms with Gasteiger partial charge in [-0.2, -0.15) is 0 Å². The van der Waals surface area contributed by atoms with Crippen LogP contribution in [0.25, 0.3) is 27.7 Å². The largest absolute Gasteiger partial charge is 0.395 e. The van der Waals surface area contributed by atoms with Crippen molar-refractivity contribution in [2.75, 3.05) is 11.9 Å². The Kier molecular flexibility index (Phi) is 4.39. The molecule has 1 aliphatic heterocycles. The molecule has 0 saturated carbocycles. The lowest BCUT2D eigenvalue weighted by molar-refractivity contribution is 0.278. The van der Waals surface area contributed by atoms with Crippen LogP contribution in [-0.2, 0) is 12.1 Å². The Morgan fingerprint density at radius 2 is 1.94 bits per heavy atom. The van der Waals surface area contributed by atoms with E-state index in [0.29, 0.717) is 11.6 Å². The highest BCUT2D eigenvalue weighted by Crippen LogP contribution is 2.46. The number of nitrogens with zero attached hydrogens (tertiary/aromatic N) is 4. The summed E-state index contributed by atoms with van der Waals surface area (Å²) in [6.45, 7) is 8.38. The quantitative estimate of drug-likeness (QED) is 0.474. The van der Waals surface area contributed by atoms with Gasteiger partial charge in [-0.3, -0.25) is 4.57 Å². The molecular weight excluding hydrogens is 417 g/mol. The van der Waals surface area contributed by atoms with Crippen LogP contribution in [0.4, 0.5) is 10.1 Å². The van der Waals surface area contributed by atoms with Gasteiger partial charge in [-0.05, 0) is 68.7 Å². The lowest BCUT2D eigenvalue weighted by Crippen LogP contribution is -2.36. The number of benzene rings is 2. The number of anilines is 1. The van der Waals surface area contributed by atoms with Crippen LogP contribution in [0.5, 0.6) is 0 Å². The van der Waals surface area contributed by atoms with Gasteiger partial charge in [0.2, 0.25) is 0 Å². The van der Waals surface area contributed by atoms with Crippen molar-refractivity contribution in [3.63, 3.8) is 0 Å². The van der Waals surface area contributed by atoms with Gasteiger partial charge in [-0.25, -0.2) is 4.39 Å². The first-order valence-corrected chi connectivity index (χ1v) is 10.5. The van der Waals surface area contributed by atoms with Crippen molar-refractivity contribution in [1.29, 1.82) is 0 Å². The van der Waals surface area contributed by atoms with Crippen LogP contribution in [-0.4, -0.2) is 31.0 Å². The zero-order valence-electron chi connectivity index (χ0n) is 17.8. The van der Waals surface area contributed by atoms with E-state index in [2.05, 4.69) is 15.5 Å². The van der Waals surface area contributed by atoms with E-state index in [4.69, 9.17) is 11.6 Å². The maximum absolute atomic E-state index is 14.7. The minimum Gasteiger partial charge on any atom is -0.395 e. The highest BCUT2D eigenvalue weighted by molar-refractivity contribution is 6.34. The van der Waals surface area contributed by atoms with E-state index in [1.54, 1.807) is 0 Å². The fourth-order valence-corrected chi connectivity index (χ4v) is 4.85. The molecular formula is C23H23ClFN5O. The maximum Gasteiger partial charge on any atom is 0.162 e. The number of hydrogen-bond donors (Lipinski definition) is 2. The summed E-state index contributed by atoms with van der Waals surface area (Å²) in [4.78, 5) is 0. The van der Waals surface area contributed by atoms with Crippen LogP contribution in [0.1, 0.15) is 31.1 Å².